The summed E-state index contributed by atoms with van der Waals surface area (Å²) in [5.74, 6) is 0.0627. The number of hydrogen-bond acceptors (Lipinski definition) is 4. The summed E-state index contributed by atoms with van der Waals surface area (Å²) in [4.78, 5) is 19.8. The van der Waals surface area contributed by atoms with Gasteiger partial charge in [-0.15, -0.1) is 0 Å². The van der Waals surface area contributed by atoms with Crippen molar-refractivity contribution < 1.29 is 9.90 Å². The van der Waals surface area contributed by atoms with Crippen molar-refractivity contribution in [3.8, 4) is 5.75 Å². The standard InChI is InChI=1S/C19H16Br2N2O2S/c1-11(2)23-18(25)16(10-12-8-14(20)17(24)15(21)9-12)26-19(23)22-13-6-4-3-5-7-13/h3-11,24H,1-2H3/b16-10-,22-19?. The largest absolute Gasteiger partial charge is 0.506 e. The van der Waals surface area contributed by atoms with Gasteiger partial charge in [-0.1, -0.05) is 18.2 Å². The molecule has 2 aromatic rings. The second kappa shape index (κ2) is 7.98. The molecular formula is C19H16Br2N2O2S. The zero-order valence-corrected chi connectivity index (χ0v) is 18.1. The summed E-state index contributed by atoms with van der Waals surface area (Å²) in [5, 5.41) is 10.5. The Labute approximate surface area is 173 Å². The minimum absolute atomic E-state index is 0.00153. The Bertz CT molecular complexity index is 888. The van der Waals surface area contributed by atoms with Crippen molar-refractivity contribution >= 4 is 66.5 Å². The van der Waals surface area contributed by atoms with E-state index in [1.165, 1.54) is 11.8 Å². The molecule has 134 valence electrons. The number of rotatable bonds is 3. The van der Waals surface area contributed by atoms with Crippen LogP contribution in [-0.2, 0) is 4.79 Å². The molecule has 1 heterocycles. The van der Waals surface area contributed by atoms with Gasteiger partial charge in [0.15, 0.2) is 5.17 Å². The summed E-state index contributed by atoms with van der Waals surface area (Å²) in [5.41, 5.74) is 1.62. The van der Waals surface area contributed by atoms with E-state index in [0.29, 0.717) is 19.0 Å². The lowest BCUT2D eigenvalue weighted by Gasteiger charge is -2.19. The number of benzene rings is 2. The van der Waals surface area contributed by atoms with E-state index >= 15 is 0 Å². The summed E-state index contributed by atoms with van der Waals surface area (Å²) in [6.45, 7) is 3.94. The van der Waals surface area contributed by atoms with Gasteiger partial charge in [-0.05, 0) is 93.4 Å². The molecule has 4 nitrogen and oxygen atoms in total. The highest BCUT2D eigenvalue weighted by molar-refractivity contribution is 9.11. The van der Waals surface area contributed by atoms with Crippen molar-refractivity contribution in [1.82, 2.24) is 4.90 Å². The van der Waals surface area contributed by atoms with E-state index in [1.54, 1.807) is 17.0 Å². The zero-order chi connectivity index (χ0) is 18.8. The van der Waals surface area contributed by atoms with E-state index in [4.69, 9.17) is 0 Å². The molecule has 1 fully saturated rings. The number of hydrogen-bond donors (Lipinski definition) is 1. The third kappa shape index (κ3) is 4.05. The number of carbonyl (C=O) groups excluding carboxylic acids is 1. The number of phenols is 1. The average molecular weight is 496 g/mol. The second-order valence-corrected chi connectivity index (χ2v) is 8.66. The SMILES string of the molecule is CC(C)N1C(=O)/C(=C/c2cc(Br)c(O)c(Br)c2)SC1=Nc1ccccc1. The number of aromatic hydroxyl groups is 1. The Balaban J connectivity index is 2.00. The molecule has 7 heteroatoms. The third-order valence-corrected chi connectivity index (χ3v) is 5.86. The topological polar surface area (TPSA) is 52.9 Å². The van der Waals surface area contributed by atoms with E-state index in [-0.39, 0.29) is 17.7 Å². The summed E-state index contributed by atoms with van der Waals surface area (Å²) in [6, 6.07) is 13.1. The molecule has 1 amide bonds. The van der Waals surface area contributed by atoms with Crippen LogP contribution in [-0.4, -0.2) is 27.1 Å². The summed E-state index contributed by atoms with van der Waals surface area (Å²) in [7, 11) is 0. The fourth-order valence-corrected chi connectivity index (χ4v) is 4.80. The predicted molar refractivity (Wildman–Crippen MR) is 115 cm³/mol. The Kier molecular flexibility index (Phi) is 5.89. The van der Waals surface area contributed by atoms with Gasteiger partial charge in [0.05, 0.1) is 19.5 Å². The van der Waals surface area contributed by atoms with Gasteiger partial charge in [-0.25, -0.2) is 4.99 Å². The van der Waals surface area contributed by atoms with Crippen LogP contribution in [0.25, 0.3) is 6.08 Å². The van der Waals surface area contributed by atoms with Crippen LogP contribution in [0.15, 0.2) is 61.3 Å². The number of thioether (sulfide) groups is 1. The quantitative estimate of drug-likeness (QED) is 0.537. The maximum Gasteiger partial charge on any atom is 0.266 e. The van der Waals surface area contributed by atoms with Crippen LogP contribution >= 0.6 is 43.6 Å². The van der Waals surface area contributed by atoms with Gasteiger partial charge in [0.1, 0.15) is 5.75 Å². The fraction of sp³-hybridized carbons (Fsp3) is 0.158. The maximum atomic E-state index is 12.9. The van der Waals surface area contributed by atoms with Gasteiger partial charge in [0, 0.05) is 6.04 Å². The van der Waals surface area contributed by atoms with Crippen LogP contribution < -0.4 is 0 Å². The molecule has 0 spiro atoms. The lowest BCUT2D eigenvalue weighted by molar-refractivity contribution is -0.123. The molecule has 0 unspecified atom stereocenters. The van der Waals surface area contributed by atoms with Crippen LogP contribution in [0.4, 0.5) is 5.69 Å². The van der Waals surface area contributed by atoms with Crippen molar-refractivity contribution in [3.63, 3.8) is 0 Å². The monoisotopic (exact) mass is 494 g/mol. The lowest BCUT2D eigenvalue weighted by atomic mass is 10.2. The molecule has 0 aromatic heterocycles. The number of carbonyl (C=O) groups is 1. The van der Waals surface area contributed by atoms with Gasteiger partial charge in [0.2, 0.25) is 0 Å². The van der Waals surface area contributed by atoms with E-state index in [2.05, 4.69) is 36.9 Å². The number of halogens is 2. The normalized spacial score (nSPS) is 17.7. The predicted octanol–water partition coefficient (Wildman–Crippen LogP) is 5.93. The molecule has 0 saturated carbocycles. The first-order valence-corrected chi connectivity index (χ1v) is 10.3. The highest BCUT2D eigenvalue weighted by Gasteiger charge is 2.35. The van der Waals surface area contributed by atoms with Gasteiger partial charge >= 0.3 is 0 Å². The van der Waals surface area contributed by atoms with E-state index in [1.807, 2.05) is 50.3 Å². The number of para-hydroxylation sites is 1. The Morgan fingerprint density at radius 1 is 1.15 bits per heavy atom. The average Bonchev–Trinajstić information content (AvgIpc) is 2.89. The summed E-state index contributed by atoms with van der Waals surface area (Å²) >= 11 is 7.99. The van der Waals surface area contributed by atoms with Crippen LogP contribution in [0.3, 0.4) is 0 Å². The molecule has 1 saturated heterocycles. The Morgan fingerprint density at radius 2 is 1.77 bits per heavy atom. The fourth-order valence-electron chi connectivity index (χ4n) is 2.45. The van der Waals surface area contributed by atoms with Crippen LogP contribution in [0.5, 0.6) is 5.75 Å². The van der Waals surface area contributed by atoms with Crippen molar-refractivity contribution in [2.45, 2.75) is 19.9 Å². The van der Waals surface area contributed by atoms with E-state index in [9.17, 15) is 9.90 Å². The molecule has 2 aromatic carbocycles. The van der Waals surface area contributed by atoms with Crippen LogP contribution in [0, 0.1) is 0 Å². The third-order valence-electron chi connectivity index (χ3n) is 3.67. The smallest absolute Gasteiger partial charge is 0.266 e. The summed E-state index contributed by atoms with van der Waals surface area (Å²) < 4.78 is 1.13. The molecule has 1 N–H and O–H groups in total. The van der Waals surface area contributed by atoms with E-state index < -0.39 is 0 Å². The van der Waals surface area contributed by atoms with Gasteiger partial charge in [0.25, 0.3) is 5.91 Å². The number of amides is 1. The molecule has 0 aliphatic carbocycles. The number of aliphatic imine (C=N–C) groups is 1. The van der Waals surface area contributed by atoms with Gasteiger partial charge in [-0.3, -0.25) is 9.69 Å². The zero-order valence-electron chi connectivity index (χ0n) is 14.1. The summed E-state index contributed by atoms with van der Waals surface area (Å²) in [6.07, 6.45) is 1.81. The van der Waals surface area contributed by atoms with Gasteiger partial charge < -0.3 is 5.11 Å². The second-order valence-electron chi connectivity index (χ2n) is 5.94. The van der Waals surface area contributed by atoms with Crippen molar-refractivity contribution in [3.05, 3.63) is 61.9 Å². The molecule has 0 radical (unpaired) electrons. The highest BCUT2D eigenvalue weighted by atomic mass is 79.9. The first-order chi connectivity index (χ1) is 12.4. The molecule has 0 bridgehead atoms. The Morgan fingerprint density at radius 3 is 2.35 bits per heavy atom. The molecule has 1 aliphatic heterocycles. The highest BCUT2D eigenvalue weighted by Crippen LogP contribution is 2.38. The number of amidine groups is 1. The van der Waals surface area contributed by atoms with Crippen molar-refractivity contribution in [2.75, 3.05) is 0 Å². The Hall–Kier alpha value is -1.57. The molecule has 3 rings (SSSR count). The van der Waals surface area contributed by atoms with Crippen molar-refractivity contribution in [1.29, 1.82) is 0 Å². The minimum Gasteiger partial charge on any atom is -0.506 e. The van der Waals surface area contributed by atoms with Crippen LogP contribution in [0.2, 0.25) is 0 Å². The van der Waals surface area contributed by atoms with E-state index in [0.717, 1.165) is 11.3 Å². The molecular weight excluding hydrogens is 480 g/mol. The molecule has 26 heavy (non-hydrogen) atoms. The van der Waals surface area contributed by atoms with Crippen LogP contribution in [0.1, 0.15) is 19.4 Å². The first kappa shape index (κ1) is 19.2. The number of phenolic OH excluding ortho intramolecular Hbond substituents is 1. The molecule has 1 aliphatic rings. The number of nitrogens with zero attached hydrogens (tertiary/aromatic N) is 2. The maximum absolute atomic E-state index is 12.9. The van der Waals surface area contributed by atoms with Gasteiger partial charge in [-0.2, -0.15) is 0 Å². The minimum atomic E-state index is -0.0694. The van der Waals surface area contributed by atoms with Crippen molar-refractivity contribution in [2.24, 2.45) is 4.99 Å². The first-order valence-electron chi connectivity index (χ1n) is 7.91. The lowest BCUT2D eigenvalue weighted by Crippen LogP contribution is -2.35. The molecule has 0 atom stereocenters.